The van der Waals surface area contributed by atoms with Crippen LogP contribution in [0.5, 0.6) is 0 Å². The van der Waals surface area contributed by atoms with Gasteiger partial charge in [0.1, 0.15) is 0 Å². The fraction of sp³-hybridized carbons (Fsp3) is 0. The molecule has 26 heavy (non-hydrogen) atoms. The predicted molar refractivity (Wildman–Crippen MR) is 98.1 cm³/mol. The largest absolute Gasteiger partial charge is 0.294 e. The Morgan fingerprint density at radius 3 is 0.923 bits per heavy atom. The van der Waals surface area contributed by atoms with Gasteiger partial charge in [-0.2, -0.15) is 0 Å². The lowest BCUT2D eigenvalue weighted by Crippen LogP contribution is -1.99. The highest BCUT2D eigenvalue weighted by Crippen LogP contribution is 2.25. The number of Topliss-reactive ketones (excluding diaryl/α,β-unsaturated/α-hetero) is 2. The number of benzene rings is 3. The van der Waals surface area contributed by atoms with Crippen molar-refractivity contribution in [3.8, 4) is 22.3 Å². The summed E-state index contributed by atoms with van der Waals surface area (Å²) in [6.45, 7) is 0. The van der Waals surface area contributed by atoms with Crippen molar-refractivity contribution in [3.05, 3.63) is 83.9 Å². The Hall–Kier alpha value is -3.66. The van der Waals surface area contributed by atoms with Crippen LogP contribution in [0.15, 0.2) is 72.8 Å². The molecule has 0 unspecified atom stereocenters. The molecule has 0 fully saturated rings. The molecule has 126 valence electrons. The molecule has 0 bridgehead atoms. The fourth-order valence-corrected chi connectivity index (χ4v) is 2.65. The second kappa shape index (κ2) is 7.49. The van der Waals surface area contributed by atoms with E-state index in [1.54, 1.807) is 48.5 Å². The third kappa shape index (κ3) is 3.54. The molecule has 4 nitrogen and oxygen atoms in total. The average molecular weight is 342 g/mol. The zero-order chi connectivity index (χ0) is 18.5. The molecule has 0 aliphatic rings. The number of hydrogen-bond donors (Lipinski definition) is 0. The van der Waals surface area contributed by atoms with Gasteiger partial charge in [0.15, 0.2) is 12.6 Å². The van der Waals surface area contributed by atoms with Crippen LogP contribution in [-0.4, -0.2) is 24.1 Å². The highest BCUT2D eigenvalue weighted by atomic mass is 16.2. The van der Waals surface area contributed by atoms with Gasteiger partial charge < -0.3 is 0 Å². The quantitative estimate of drug-likeness (QED) is 0.388. The number of hydrogen-bond acceptors (Lipinski definition) is 4. The van der Waals surface area contributed by atoms with Gasteiger partial charge in [0.2, 0.25) is 11.6 Å². The Kier molecular flexibility index (Phi) is 4.94. The molecule has 0 N–H and O–H groups in total. The number of ketones is 2. The van der Waals surface area contributed by atoms with Crippen molar-refractivity contribution in [1.82, 2.24) is 0 Å². The molecule has 3 aromatic carbocycles. The molecule has 0 amide bonds. The van der Waals surface area contributed by atoms with Crippen LogP contribution in [0.3, 0.4) is 0 Å². The highest BCUT2D eigenvalue weighted by Gasteiger charge is 2.06. The molecule has 3 rings (SSSR count). The van der Waals surface area contributed by atoms with Crippen molar-refractivity contribution in [1.29, 1.82) is 0 Å². The summed E-state index contributed by atoms with van der Waals surface area (Å²) in [6.07, 6.45) is 0.607. The monoisotopic (exact) mass is 342 g/mol. The average Bonchev–Trinajstić information content (AvgIpc) is 2.73. The van der Waals surface area contributed by atoms with Crippen LogP contribution in [0.1, 0.15) is 20.7 Å². The van der Waals surface area contributed by atoms with Crippen molar-refractivity contribution in [3.63, 3.8) is 0 Å². The van der Waals surface area contributed by atoms with Crippen LogP contribution >= 0.6 is 0 Å². The Morgan fingerprint density at radius 2 is 0.692 bits per heavy atom. The van der Waals surface area contributed by atoms with Crippen molar-refractivity contribution < 1.29 is 19.2 Å². The SMILES string of the molecule is O=CC(=O)c1ccc(-c2ccc(-c3ccc(C(=O)C=O)cc3)cc2)cc1. The number of carbonyl (C=O) groups excluding carboxylic acids is 4. The van der Waals surface area contributed by atoms with E-state index in [0.29, 0.717) is 23.7 Å². The second-order valence-corrected chi connectivity index (χ2v) is 5.70. The molecule has 0 aliphatic carbocycles. The molecule has 3 aromatic rings. The molecule has 4 heteroatoms. The molecule has 0 spiro atoms. The van der Waals surface area contributed by atoms with Crippen LogP contribution in [0, 0.1) is 0 Å². The molecule has 0 saturated heterocycles. The topological polar surface area (TPSA) is 68.3 Å². The van der Waals surface area contributed by atoms with Gasteiger partial charge in [-0.3, -0.25) is 19.2 Å². The van der Waals surface area contributed by atoms with E-state index in [1.165, 1.54) is 0 Å². The third-order valence-electron chi connectivity index (χ3n) is 4.10. The first kappa shape index (κ1) is 17.2. The van der Waals surface area contributed by atoms with E-state index >= 15 is 0 Å². The fourth-order valence-electron chi connectivity index (χ4n) is 2.65. The molecular weight excluding hydrogens is 328 g/mol. The Bertz CT molecular complexity index is 884. The van der Waals surface area contributed by atoms with E-state index in [1.807, 2.05) is 24.3 Å². The molecule has 0 radical (unpaired) electrons. The molecular formula is C22H14O4. The normalized spacial score (nSPS) is 10.2. The van der Waals surface area contributed by atoms with Gasteiger partial charge in [-0.1, -0.05) is 72.8 Å². The molecule has 0 atom stereocenters. The maximum Gasteiger partial charge on any atom is 0.225 e. The maximum atomic E-state index is 11.3. The first-order chi connectivity index (χ1) is 12.6. The summed E-state index contributed by atoms with van der Waals surface area (Å²) in [5.74, 6) is -1.08. The van der Waals surface area contributed by atoms with Gasteiger partial charge in [-0.15, -0.1) is 0 Å². The number of aldehydes is 2. The lowest BCUT2D eigenvalue weighted by atomic mass is 9.98. The summed E-state index contributed by atoms with van der Waals surface area (Å²) in [6, 6.07) is 21.5. The Balaban J connectivity index is 1.82. The van der Waals surface area contributed by atoms with Gasteiger partial charge in [0, 0.05) is 11.1 Å². The lowest BCUT2D eigenvalue weighted by Gasteiger charge is -2.06. The first-order valence-electron chi connectivity index (χ1n) is 7.92. The van der Waals surface area contributed by atoms with E-state index in [9.17, 15) is 19.2 Å². The zero-order valence-electron chi connectivity index (χ0n) is 13.7. The molecule has 0 saturated carbocycles. The van der Waals surface area contributed by atoms with Gasteiger partial charge in [-0.25, -0.2) is 0 Å². The second-order valence-electron chi connectivity index (χ2n) is 5.70. The van der Waals surface area contributed by atoms with Crippen LogP contribution < -0.4 is 0 Å². The summed E-state index contributed by atoms with van der Waals surface area (Å²) in [4.78, 5) is 43.7. The van der Waals surface area contributed by atoms with Gasteiger partial charge in [0.05, 0.1) is 0 Å². The minimum absolute atomic E-state index is 0.303. The third-order valence-corrected chi connectivity index (χ3v) is 4.10. The highest BCUT2D eigenvalue weighted by molar-refractivity contribution is 6.33. The summed E-state index contributed by atoms with van der Waals surface area (Å²) >= 11 is 0. The predicted octanol–water partition coefficient (Wildman–Crippen LogP) is 3.78. The number of rotatable bonds is 6. The molecule has 0 heterocycles. The van der Waals surface area contributed by atoms with Crippen molar-refractivity contribution in [2.75, 3.05) is 0 Å². The summed E-state index contributed by atoms with van der Waals surface area (Å²) in [5, 5.41) is 0. The van der Waals surface area contributed by atoms with E-state index in [2.05, 4.69) is 0 Å². The zero-order valence-corrected chi connectivity index (χ0v) is 13.7. The van der Waals surface area contributed by atoms with E-state index in [-0.39, 0.29) is 0 Å². The minimum atomic E-state index is -0.539. The number of carbonyl (C=O) groups is 4. The summed E-state index contributed by atoms with van der Waals surface area (Å²) < 4.78 is 0. The van der Waals surface area contributed by atoms with Crippen LogP contribution in [0.25, 0.3) is 22.3 Å². The van der Waals surface area contributed by atoms with E-state index in [0.717, 1.165) is 22.3 Å². The van der Waals surface area contributed by atoms with Crippen molar-refractivity contribution in [2.45, 2.75) is 0 Å². The van der Waals surface area contributed by atoms with Crippen LogP contribution in [0.2, 0.25) is 0 Å². The first-order valence-corrected chi connectivity index (χ1v) is 7.92. The molecule has 0 aromatic heterocycles. The van der Waals surface area contributed by atoms with Crippen LogP contribution in [0.4, 0.5) is 0 Å². The Labute approximate surface area is 150 Å². The molecule has 0 aliphatic heterocycles. The van der Waals surface area contributed by atoms with Crippen molar-refractivity contribution >= 4 is 24.1 Å². The Morgan fingerprint density at radius 1 is 0.462 bits per heavy atom. The smallest absolute Gasteiger partial charge is 0.225 e. The van der Waals surface area contributed by atoms with Crippen LogP contribution in [-0.2, 0) is 9.59 Å². The van der Waals surface area contributed by atoms with Crippen molar-refractivity contribution in [2.24, 2.45) is 0 Å². The van der Waals surface area contributed by atoms with Gasteiger partial charge in [0.25, 0.3) is 0 Å². The lowest BCUT2D eigenvalue weighted by molar-refractivity contribution is -0.105. The maximum absolute atomic E-state index is 11.3. The van der Waals surface area contributed by atoms with E-state index in [4.69, 9.17) is 0 Å². The summed E-state index contributed by atoms with van der Waals surface area (Å²) in [7, 11) is 0. The minimum Gasteiger partial charge on any atom is -0.294 e. The van der Waals surface area contributed by atoms with Gasteiger partial charge >= 0.3 is 0 Å². The van der Waals surface area contributed by atoms with Gasteiger partial charge in [-0.05, 0) is 22.3 Å². The standard InChI is InChI=1S/C22H14O4/c23-13-21(25)19-9-5-17(6-10-19)15-1-2-16(4-3-15)18-7-11-20(12-8-18)22(26)14-24/h1-14H. The summed E-state index contributed by atoms with van der Waals surface area (Å²) in [5.41, 5.74) is 4.56. The van der Waals surface area contributed by atoms with E-state index < -0.39 is 11.6 Å².